The number of hydrogen-bond donors (Lipinski definition) is 2. The van der Waals surface area contributed by atoms with Crippen molar-refractivity contribution in [1.82, 2.24) is 10.3 Å². The normalized spacial score (nSPS) is 10.2. The second-order valence-electron chi connectivity index (χ2n) is 4.95. The van der Waals surface area contributed by atoms with Gasteiger partial charge < -0.3 is 15.5 Å². The first-order chi connectivity index (χ1) is 10.1. The monoisotopic (exact) mass is 284 g/mol. The van der Waals surface area contributed by atoms with Gasteiger partial charge in [0.15, 0.2) is 0 Å². The molecule has 1 aromatic heterocycles. The van der Waals surface area contributed by atoms with E-state index in [9.17, 15) is 4.79 Å². The van der Waals surface area contributed by atoms with Crippen molar-refractivity contribution in [2.45, 2.75) is 6.54 Å². The summed E-state index contributed by atoms with van der Waals surface area (Å²) in [5.74, 6) is -0.0588. The highest BCUT2D eigenvalue weighted by Crippen LogP contribution is 2.15. The SMILES string of the molecule is CN(C)c1ccc(NC(=O)CNCc2cccnc2)cc1. The molecule has 2 aromatic rings. The van der Waals surface area contributed by atoms with Crippen LogP contribution in [0.1, 0.15) is 5.56 Å². The van der Waals surface area contributed by atoms with Gasteiger partial charge in [0.2, 0.25) is 5.91 Å². The molecule has 2 N–H and O–H groups in total. The number of nitrogens with zero attached hydrogens (tertiary/aromatic N) is 2. The zero-order valence-electron chi connectivity index (χ0n) is 12.3. The van der Waals surface area contributed by atoms with E-state index in [1.54, 1.807) is 12.4 Å². The van der Waals surface area contributed by atoms with E-state index < -0.39 is 0 Å². The number of hydrogen-bond acceptors (Lipinski definition) is 4. The van der Waals surface area contributed by atoms with Gasteiger partial charge in [-0.15, -0.1) is 0 Å². The van der Waals surface area contributed by atoms with Crippen molar-refractivity contribution in [2.24, 2.45) is 0 Å². The highest BCUT2D eigenvalue weighted by molar-refractivity contribution is 5.92. The molecule has 0 bridgehead atoms. The van der Waals surface area contributed by atoms with Gasteiger partial charge in [-0.05, 0) is 35.9 Å². The van der Waals surface area contributed by atoms with Gasteiger partial charge in [-0.25, -0.2) is 0 Å². The standard InChI is InChI=1S/C16H20N4O/c1-20(2)15-7-5-14(6-8-15)19-16(21)12-18-11-13-4-3-9-17-10-13/h3-10,18H,11-12H2,1-2H3,(H,19,21). The van der Waals surface area contributed by atoms with Crippen LogP contribution in [-0.2, 0) is 11.3 Å². The summed E-state index contributed by atoms with van der Waals surface area (Å²) >= 11 is 0. The van der Waals surface area contributed by atoms with Crippen molar-refractivity contribution >= 4 is 17.3 Å². The van der Waals surface area contributed by atoms with Gasteiger partial charge in [-0.3, -0.25) is 9.78 Å². The highest BCUT2D eigenvalue weighted by Gasteiger charge is 2.02. The third-order valence-electron chi connectivity index (χ3n) is 3.00. The van der Waals surface area contributed by atoms with Crippen molar-refractivity contribution in [3.63, 3.8) is 0 Å². The van der Waals surface area contributed by atoms with E-state index in [-0.39, 0.29) is 12.5 Å². The number of rotatable bonds is 6. The molecule has 0 aliphatic heterocycles. The van der Waals surface area contributed by atoms with Crippen LogP contribution >= 0.6 is 0 Å². The molecule has 5 heteroatoms. The first-order valence-corrected chi connectivity index (χ1v) is 6.82. The van der Waals surface area contributed by atoms with Crippen molar-refractivity contribution in [3.8, 4) is 0 Å². The minimum atomic E-state index is -0.0588. The predicted octanol–water partition coefficient (Wildman–Crippen LogP) is 1.88. The zero-order chi connectivity index (χ0) is 15.1. The van der Waals surface area contributed by atoms with Gasteiger partial charge in [-0.1, -0.05) is 6.07 Å². The van der Waals surface area contributed by atoms with Crippen molar-refractivity contribution in [2.75, 3.05) is 30.9 Å². The lowest BCUT2D eigenvalue weighted by atomic mass is 10.2. The molecule has 1 aromatic carbocycles. The lowest BCUT2D eigenvalue weighted by Gasteiger charge is -2.13. The van der Waals surface area contributed by atoms with E-state index in [1.807, 2.05) is 55.4 Å². The predicted molar refractivity (Wildman–Crippen MR) is 85.3 cm³/mol. The van der Waals surface area contributed by atoms with Crippen LogP contribution in [0, 0.1) is 0 Å². The molecule has 2 rings (SSSR count). The van der Waals surface area contributed by atoms with Crippen LogP contribution in [0.25, 0.3) is 0 Å². The fourth-order valence-electron chi connectivity index (χ4n) is 1.87. The molecule has 1 heterocycles. The lowest BCUT2D eigenvalue weighted by molar-refractivity contribution is -0.115. The van der Waals surface area contributed by atoms with Crippen LogP contribution in [0.3, 0.4) is 0 Å². The number of nitrogens with one attached hydrogen (secondary N) is 2. The third-order valence-corrected chi connectivity index (χ3v) is 3.00. The van der Waals surface area contributed by atoms with Gasteiger partial charge in [0, 0.05) is 44.4 Å². The van der Waals surface area contributed by atoms with Gasteiger partial charge in [0.05, 0.1) is 6.54 Å². The first kappa shape index (κ1) is 15.0. The fourth-order valence-corrected chi connectivity index (χ4v) is 1.87. The maximum Gasteiger partial charge on any atom is 0.238 e. The van der Waals surface area contributed by atoms with Crippen LogP contribution < -0.4 is 15.5 Å². The third kappa shape index (κ3) is 4.89. The zero-order valence-corrected chi connectivity index (χ0v) is 12.3. The Morgan fingerprint density at radius 2 is 1.95 bits per heavy atom. The average Bonchev–Trinajstić information content (AvgIpc) is 2.49. The molecule has 0 unspecified atom stereocenters. The smallest absolute Gasteiger partial charge is 0.238 e. The van der Waals surface area contributed by atoms with Gasteiger partial charge >= 0.3 is 0 Å². The Labute approximate surface area is 125 Å². The molecule has 0 saturated heterocycles. The van der Waals surface area contributed by atoms with Crippen LogP contribution in [0.15, 0.2) is 48.8 Å². The molecule has 0 spiro atoms. The number of benzene rings is 1. The van der Waals surface area contributed by atoms with Crippen LogP contribution in [0.4, 0.5) is 11.4 Å². The number of pyridine rings is 1. The van der Waals surface area contributed by atoms with Crippen LogP contribution in [0.2, 0.25) is 0 Å². The van der Waals surface area contributed by atoms with E-state index in [0.717, 1.165) is 16.9 Å². The molecular weight excluding hydrogens is 264 g/mol. The molecule has 0 saturated carbocycles. The summed E-state index contributed by atoms with van der Waals surface area (Å²) in [5, 5.41) is 5.95. The molecule has 1 amide bonds. The number of amides is 1. The maximum absolute atomic E-state index is 11.8. The molecule has 5 nitrogen and oxygen atoms in total. The maximum atomic E-state index is 11.8. The second-order valence-corrected chi connectivity index (χ2v) is 4.95. The average molecular weight is 284 g/mol. The van der Waals surface area contributed by atoms with E-state index in [1.165, 1.54) is 0 Å². The number of aromatic nitrogens is 1. The van der Waals surface area contributed by atoms with Gasteiger partial charge in [-0.2, -0.15) is 0 Å². The Morgan fingerprint density at radius 3 is 2.57 bits per heavy atom. The summed E-state index contributed by atoms with van der Waals surface area (Å²) in [7, 11) is 3.96. The van der Waals surface area contributed by atoms with E-state index in [2.05, 4.69) is 15.6 Å². The molecular formula is C16H20N4O. The van der Waals surface area contributed by atoms with Crippen LogP contribution in [0.5, 0.6) is 0 Å². The minimum absolute atomic E-state index is 0.0588. The summed E-state index contributed by atoms with van der Waals surface area (Å²) in [4.78, 5) is 17.9. The second kappa shape index (κ2) is 7.40. The summed E-state index contributed by atoms with van der Waals surface area (Å²) < 4.78 is 0. The Hall–Kier alpha value is -2.40. The molecule has 21 heavy (non-hydrogen) atoms. The largest absolute Gasteiger partial charge is 0.378 e. The number of carbonyl (C=O) groups excluding carboxylic acids is 1. The van der Waals surface area contributed by atoms with E-state index in [4.69, 9.17) is 0 Å². The van der Waals surface area contributed by atoms with E-state index in [0.29, 0.717) is 6.54 Å². The van der Waals surface area contributed by atoms with E-state index >= 15 is 0 Å². The molecule has 0 radical (unpaired) electrons. The molecule has 110 valence electrons. The van der Waals surface area contributed by atoms with Crippen molar-refractivity contribution in [3.05, 3.63) is 54.4 Å². The summed E-state index contributed by atoms with van der Waals surface area (Å²) in [6.45, 7) is 0.894. The number of anilines is 2. The van der Waals surface area contributed by atoms with Crippen molar-refractivity contribution < 1.29 is 4.79 Å². The molecule has 0 aliphatic rings. The Balaban J connectivity index is 1.76. The molecule has 0 aliphatic carbocycles. The Bertz CT molecular complexity index is 567. The molecule has 0 atom stereocenters. The van der Waals surface area contributed by atoms with Gasteiger partial charge in [0.25, 0.3) is 0 Å². The number of carbonyl (C=O) groups is 1. The topological polar surface area (TPSA) is 57.3 Å². The quantitative estimate of drug-likeness (QED) is 0.850. The first-order valence-electron chi connectivity index (χ1n) is 6.82. The van der Waals surface area contributed by atoms with Crippen molar-refractivity contribution in [1.29, 1.82) is 0 Å². The Morgan fingerprint density at radius 1 is 1.19 bits per heavy atom. The summed E-state index contributed by atoms with van der Waals surface area (Å²) in [6, 6.07) is 11.6. The fraction of sp³-hybridized carbons (Fsp3) is 0.250. The van der Waals surface area contributed by atoms with Crippen LogP contribution in [-0.4, -0.2) is 31.5 Å². The highest BCUT2D eigenvalue weighted by atomic mass is 16.1. The Kier molecular flexibility index (Phi) is 5.29. The molecule has 0 fully saturated rings. The summed E-state index contributed by atoms with van der Waals surface area (Å²) in [6.07, 6.45) is 3.51. The minimum Gasteiger partial charge on any atom is -0.378 e. The summed E-state index contributed by atoms with van der Waals surface area (Å²) in [5.41, 5.74) is 2.96. The lowest BCUT2D eigenvalue weighted by Crippen LogP contribution is -2.27. The van der Waals surface area contributed by atoms with Gasteiger partial charge in [0.1, 0.15) is 0 Å².